The molecule has 0 radical (unpaired) electrons. The molecular weight excluding hydrogens is 370 g/mol. The van der Waals surface area contributed by atoms with Gasteiger partial charge in [-0.05, 0) is 80.0 Å². The van der Waals surface area contributed by atoms with Gasteiger partial charge in [-0.15, -0.1) is 10.2 Å². The minimum atomic E-state index is 0.297. The maximum atomic E-state index is 8.98. The van der Waals surface area contributed by atoms with Gasteiger partial charge < -0.3 is 4.42 Å². The Kier molecular flexibility index (Phi) is 4.44. The molecule has 2 fully saturated rings. The molecule has 5 rings (SSSR count). The molecule has 28 heavy (non-hydrogen) atoms. The third-order valence-electron chi connectivity index (χ3n) is 6.29. The largest absolute Gasteiger partial charge is 0.461 e. The lowest BCUT2D eigenvalue weighted by Gasteiger charge is -2.30. The van der Waals surface area contributed by atoms with Gasteiger partial charge in [0, 0.05) is 12.2 Å². The van der Waals surface area contributed by atoms with Crippen molar-refractivity contribution in [2.45, 2.75) is 48.8 Å². The Labute approximate surface area is 168 Å². The fourth-order valence-corrected chi connectivity index (χ4v) is 5.83. The van der Waals surface area contributed by atoms with Crippen molar-refractivity contribution >= 4 is 11.8 Å². The quantitative estimate of drug-likeness (QED) is 0.612. The van der Waals surface area contributed by atoms with E-state index in [9.17, 15) is 0 Å². The van der Waals surface area contributed by atoms with Crippen LogP contribution in [0.25, 0.3) is 11.6 Å². The molecule has 0 saturated heterocycles. The van der Waals surface area contributed by atoms with Crippen molar-refractivity contribution in [3.63, 3.8) is 0 Å². The van der Waals surface area contributed by atoms with Gasteiger partial charge in [0.2, 0.25) is 5.82 Å². The standard InChI is InChI=1S/C21H21N5OS/c1-13(17-10-14-4-6-16(17)9-14)26-20(18-3-2-8-27-18)24-25-21(26)28-19-7-5-15(11-22)12-23-19/h2-3,5,7-8,12-14,16-17H,4,6,9-10H2,1H3/t13-,14-,16-,17-/m0/s1. The summed E-state index contributed by atoms with van der Waals surface area (Å²) in [6.45, 7) is 2.29. The molecule has 0 aromatic carbocycles. The number of aromatic nitrogens is 4. The Balaban J connectivity index is 1.51. The number of pyridine rings is 1. The minimum absolute atomic E-state index is 0.297. The highest BCUT2D eigenvalue weighted by molar-refractivity contribution is 7.99. The third kappa shape index (κ3) is 3.02. The average molecular weight is 392 g/mol. The lowest BCUT2D eigenvalue weighted by Crippen LogP contribution is -2.23. The highest BCUT2D eigenvalue weighted by atomic mass is 32.2. The highest BCUT2D eigenvalue weighted by Gasteiger charge is 2.43. The minimum Gasteiger partial charge on any atom is -0.461 e. The Morgan fingerprint density at radius 2 is 2.18 bits per heavy atom. The number of nitrogens with zero attached hydrogens (tertiary/aromatic N) is 5. The Morgan fingerprint density at radius 3 is 2.82 bits per heavy atom. The lowest BCUT2D eigenvalue weighted by atomic mass is 9.84. The monoisotopic (exact) mass is 391 g/mol. The van der Waals surface area contributed by atoms with Crippen molar-refractivity contribution in [1.29, 1.82) is 5.26 Å². The van der Waals surface area contributed by atoms with Crippen LogP contribution in [0.15, 0.2) is 51.3 Å². The summed E-state index contributed by atoms with van der Waals surface area (Å²) in [7, 11) is 0. The van der Waals surface area contributed by atoms with Crippen LogP contribution in [0.4, 0.5) is 0 Å². The zero-order chi connectivity index (χ0) is 19.1. The molecule has 2 aliphatic rings. The molecule has 2 bridgehead atoms. The van der Waals surface area contributed by atoms with E-state index in [1.54, 1.807) is 18.5 Å². The van der Waals surface area contributed by atoms with Crippen molar-refractivity contribution in [2.75, 3.05) is 0 Å². The van der Waals surface area contributed by atoms with Gasteiger partial charge in [0.1, 0.15) is 11.1 Å². The van der Waals surface area contributed by atoms with Crippen LogP contribution in [0, 0.1) is 29.1 Å². The smallest absolute Gasteiger partial charge is 0.200 e. The van der Waals surface area contributed by atoms with Gasteiger partial charge in [-0.3, -0.25) is 4.57 Å². The number of furan rings is 1. The maximum absolute atomic E-state index is 8.98. The van der Waals surface area contributed by atoms with Crippen LogP contribution >= 0.6 is 11.8 Å². The molecule has 3 aromatic heterocycles. The molecule has 0 aliphatic heterocycles. The van der Waals surface area contributed by atoms with Crippen LogP contribution < -0.4 is 0 Å². The highest BCUT2D eigenvalue weighted by Crippen LogP contribution is 2.53. The molecule has 0 amide bonds. The van der Waals surface area contributed by atoms with E-state index in [-0.39, 0.29) is 0 Å². The second-order valence-corrected chi connectivity index (χ2v) is 8.82. The molecule has 0 N–H and O–H groups in total. The molecule has 142 valence electrons. The second kappa shape index (κ2) is 7.10. The number of rotatable bonds is 5. The summed E-state index contributed by atoms with van der Waals surface area (Å²) in [5, 5.41) is 19.5. The summed E-state index contributed by atoms with van der Waals surface area (Å²) in [5.41, 5.74) is 0.553. The molecule has 6 nitrogen and oxygen atoms in total. The summed E-state index contributed by atoms with van der Waals surface area (Å²) in [4.78, 5) is 4.39. The zero-order valence-electron chi connectivity index (χ0n) is 15.7. The summed E-state index contributed by atoms with van der Waals surface area (Å²) in [5.74, 6) is 3.85. The molecule has 2 saturated carbocycles. The van der Waals surface area contributed by atoms with Crippen molar-refractivity contribution in [2.24, 2.45) is 17.8 Å². The van der Waals surface area contributed by atoms with E-state index in [2.05, 4.69) is 32.7 Å². The van der Waals surface area contributed by atoms with Crippen LogP contribution in [0.1, 0.15) is 44.2 Å². The predicted octanol–water partition coefficient (Wildman–Crippen LogP) is 4.95. The normalized spacial score (nSPS) is 24.4. The van der Waals surface area contributed by atoms with Gasteiger partial charge in [0.15, 0.2) is 10.9 Å². The molecule has 3 aromatic rings. The molecule has 2 aliphatic carbocycles. The van der Waals surface area contributed by atoms with E-state index in [1.165, 1.54) is 37.4 Å². The Hall–Kier alpha value is -2.59. The van der Waals surface area contributed by atoms with Crippen LogP contribution in [0.2, 0.25) is 0 Å². The van der Waals surface area contributed by atoms with E-state index >= 15 is 0 Å². The fourth-order valence-electron chi connectivity index (χ4n) is 4.96. The topological polar surface area (TPSA) is 80.5 Å². The van der Waals surface area contributed by atoms with Gasteiger partial charge >= 0.3 is 0 Å². The first kappa shape index (κ1) is 17.5. The summed E-state index contributed by atoms with van der Waals surface area (Å²) in [6.07, 6.45) is 8.66. The van der Waals surface area contributed by atoms with Crippen LogP contribution in [-0.4, -0.2) is 19.7 Å². The first-order valence-electron chi connectivity index (χ1n) is 9.75. The van der Waals surface area contributed by atoms with Crippen molar-refractivity contribution in [3.05, 3.63) is 42.3 Å². The van der Waals surface area contributed by atoms with Gasteiger partial charge in [-0.1, -0.05) is 6.42 Å². The number of nitriles is 1. The summed E-state index contributed by atoms with van der Waals surface area (Å²) < 4.78 is 7.88. The van der Waals surface area contributed by atoms with E-state index in [0.29, 0.717) is 17.5 Å². The van der Waals surface area contributed by atoms with Crippen LogP contribution in [0.5, 0.6) is 0 Å². The SMILES string of the molecule is C[C@@H]([C@@H]1C[C@H]2CC[C@H]1C2)n1c(Sc2ccc(C#N)cn2)nnc1-c1ccco1. The van der Waals surface area contributed by atoms with E-state index in [0.717, 1.165) is 33.6 Å². The molecule has 4 atom stereocenters. The van der Waals surface area contributed by atoms with Crippen LogP contribution in [0.3, 0.4) is 0 Å². The van der Waals surface area contributed by atoms with E-state index < -0.39 is 0 Å². The molecule has 7 heteroatoms. The lowest BCUT2D eigenvalue weighted by molar-refractivity contribution is 0.235. The zero-order valence-corrected chi connectivity index (χ0v) is 16.5. The molecule has 0 unspecified atom stereocenters. The van der Waals surface area contributed by atoms with Gasteiger partial charge in [0.05, 0.1) is 11.8 Å². The Morgan fingerprint density at radius 1 is 1.25 bits per heavy atom. The van der Waals surface area contributed by atoms with Gasteiger partial charge in [0.25, 0.3) is 0 Å². The third-order valence-corrected chi connectivity index (χ3v) is 7.20. The van der Waals surface area contributed by atoms with Crippen molar-refractivity contribution in [3.8, 4) is 17.7 Å². The van der Waals surface area contributed by atoms with Crippen LogP contribution in [-0.2, 0) is 0 Å². The predicted molar refractivity (Wildman–Crippen MR) is 104 cm³/mol. The average Bonchev–Trinajstić information content (AvgIpc) is 3.51. The molecular formula is C21H21N5OS. The van der Waals surface area contributed by atoms with E-state index in [1.807, 2.05) is 18.2 Å². The maximum Gasteiger partial charge on any atom is 0.200 e. The van der Waals surface area contributed by atoms with Crippen molar-refractivity contribution in [1.82, 2.24) is 19.7 Å². The number of fused-ring (bicyclic) bond motifs is 2. The second-order valence-electron chi connectivity index (χ2n) is 7.83. The first-order chi connectivity index (χ1) is 13.7. The summed E-state index contributed by atoms with van der Waals surface area (Å²) >= 11 is 1.49. The van der Waals surface area contributed by atoms with Gasteiger partial charge in [-0.25, -0.2) is 4.98 Å². The van der Waals surface area contributed by atoms with E-state index in [4.69, 9.17) is 9.68 Å². The van der Waals surface area contributed by atoms with Crippen molar-refractivity contribution < 1.29 is 4.42 Å². The Bertz CT molecular complexity index is 1000. The van der Waals surface area contributed by atoms with Gasteiger partial charge in [-0.2, -0.15) is 5.26 Å². The first-order valence-corrected chi connectivity index (χ1v) is 10.6. The number of hydrogen-bond acceptors (Lipinski definition) is 6. The summed E-state index contributed by atoms with van der Waals surface area (Å²) in [6, 6.07) is 9.86. The number of hydrogen-bond donors (Lipinski definition) is 0. The fraction of sp³-hybridized carbons (Fsp3) is 0.429. The molecule has 0 spiro atoms. The molecule has 3 heterocycles.